The van der Waals surface area contributed by atoms with E-state index in [0.717, 1.165) is 12.1 Å². The fourth-order valence-electron chi connectivity index (χ4n) is 2.72. The molecule has 1 aromatic rings. The highest BCUT2D eigenvalue weighted by Crippen LogP contribution is 2.29. The zero-order valence-corrected chi connectivity index (χ0v) is 12.0. The SMILES string of the molecule is C=CCN(CC=C)C(=O)[C@H]1CNC[C@@H]1c1cnn(C)c1. The van der Waals surface area contributed by atoms with Gasteiger partial charge in [0.2, 0.25) is 5.91 Å². The van der Waals surface area contributed by atoms with Crippen LogP contribution in [-0.4, -0.2) is 46.8 Å². The van der Waals surface area contributed by atoms with Crippen molar-refractivity contribution in [3.8, 4) is 0 Å². The maximum absolute atomic E-state index is 12.7. The number of nitrogens with one attached hydrogen (secondary N) is 1. The number of amides is 1. The first kappa shape index (κ1) is 14.5. The Morgan fingerprint density at radius 2 is 2.20 bits per heavy atom. The van der Waals surface area contributed by atoms with Gasteiger partial charge in [0.25, 0.3) is 0 Å². The molecule has 0 aromatic carbocycles. The van der Waals surface area contributed by atoms with Gasteiger partial charge in [-0.2, -0.15) is 5.10 Å². The standard InChI is InChI=1S/C15H22N4O/c1-4-6-19(7-5-2)15(20)14-10-16-9-13(14)12-8-17-18(3)11-12/h4-5,8,11,13-14,16H,1-2,6-7,9-10H2,3H3/t13-,14+/m1/s1. The first-order chi connectivity index (χ1) is 9.67. The van der Waals surface area contributed by atoms with Crippen LogP contribution in [-0.2, 0) is 11.8 Å². The summed E-state index contributed by atoms with van der Waals surface area (Å²) in [5.74, 6) is 0.302. The number of hydrogen-bond donors (Lipinski definition) is 1. The summed E-state index contributed by atoms with van der Waals surface area (Å²) in [5.41, 5.74) is 1.12. The summed E-state index contributed by atoms with van der Waals surface area (Å²) in [6.45, 7) is 10.1. The summed E-state index contributed by atoms with van der Waals surface area (Å²) in [7, 11) is 1.89. The van der Waals surface area contributed by atoms with Gasteiger partial charge in [0.1, 0.15) is 0 Å². The number of aromatic nitrogens is 2. The van der Waals surface area contributed by atoms with E-state index in [0.29, 0.717) is 19.6 Å². The molecule has 5 nitrogen and oxygen atoms in total. The van der Waals surface area contributed by atoms with E-state index in [2.05, 4.69) is 23.6 Å². The van der Waals surface area contributed by atoms with Crippen LogP contribution in [0.15, 0.2) is 37.7 Å². The van der Waals surface area contributed by atoms with Gasteiger partial charge in [0.05, 0.1) is 12.1 Å². The van der Waals surface area contributed by atoms with Crippen molar-refractivity contribution in [1.29, 1.82) is 0 Å². The largest absolute Gasteiger partial charge is 0.335 e. The Bertz CT molecular complexity index is 484. The summed E-state index contributed by atoms with van der Waals surface area (Å²) in [6.07, 6.45) is 7.35. The third-order valence-electron chi connectivity index (χ3n) is 3.70. The summed E-state index contributed by atoms with van der Waals surface area (Å²) in [6, 6.07) is 0. The second-order valence-corrected chi connectivity index (χ2v) is 5.14. The predicted molar refractivity (Wildman–Crippen MR) is 79.3 cm³/mol. The molecule has 1 amide bonds. The van der Waals surface area contributed by atoms with Crippen molar-refractivity contribution in [2.24, 2.45) is 13.0 Å². The average Bonchev–Trinajstić information content (AvgIpc) is 3.05. The number of carbonyl (C=O) groups excluding carboxylic acids is 1. The zero-order chi connectivity index (χ0) is 14.5. The number of nitrogens with zero attached hydrogens (tertiary/aromatic N) is 3. The first-order valence-electron chi connectivity index (χ1n) is 6.87. The van der Waals surface area contributed by atoms with Crippen LogP contribution in [0.2, 0.25) is 0 Å². The molecular weight excluding hydrogens is 252 g/mol. The molecular formula is C15H22N4O. The molecule has 1 aliphatic heterocycles. The van der Waals surface area contributed by atoms with E-state index >= 15 is 0 Å². The Labute approximate surface area is 120 Å². The van der Waals surface area contributed by atoms with Gasteiger partial charge >= 0.3 is 0 Å². The topological polar surface area (TPSA) is 50.2 Å². The molecule has 2 atom stereocenters. The van der Waals surface area contributed by atoms with E-state index in [1.165, 1.54) is 0 Å². The summed E-state index contributed by atoms with van der Waals surface area (Å²) < 4.78 is 1.78. The second kappa shape index (κ2) is 6.52. The van der Waals surface area contributed by atoms with E-state index in [-0.39, 0.29) is 17.7 Å². The second-order valence-electron chi connectivity index (χ2n) is 5.14. The minimum absolute atomic E-state index is 0.0425. The van der Waals surface area contributed by atoms with Crippen LogP contribution in [0.4, 0.5) is 0 Å². The summed E-state index contributed by atoms with van der Waals surface area (Å²) >= 11 is 0. The quantitative estimate of drug-likeness (QED) is 0.785. The molecule has 2 heterocycles. The molecule has 0 unspecified atom stereocenters. The van der Waals surface area contributed by atoms with E-state index in [1.54, 1.807) is 21.7 Å². The Kier molecular flexibility index (Phi) is 4.74. The van der Waals surface area contributed by atoms with Gasteiger partial charge in [-0.25, -0.2) is 0 Å². The molecule has 1 aliphatic rings. The fourth-order valence-corrected chi connectivity index (χ4v) is 2.72. The number of rotatable bonds is 6. The van der Waals surface area contributed by atoms with Crippen molar-refractivity contribution in [3.05, 3.63) is 43.3 Å². The number of hydrogen-bond acceptors (Lipinski definition) is 3. The summed E-state index contributed by atoms with van der Waals surface area (Å²) in [5, 5.41) is 7.52. The Balaban J connectivity index is 2.14. The van der Waals surface area contributed by atoms with Gasteiger partial charge in [-0.15, -0.1) is 13.2 Å². The van der Waals surface area contributed by atoms with Crippen LogP contribution in [0.25, 0.3) is 0 Å². The molecule has 0 saturated carbocycles. The molecule has 2 rings (SSSR count). The van der Waals surface area contributed by atoms with Crippen molar-refractivity contribution >= 4 is 5.91 Å². The minimum atomic E-state index is -0.0425. The lowest BCUT2D eigenvalue weighted by molar-refractivity contribution is -0.134. The van der Waals surface area contributed by atoms with E-state index < -0.39 is 0 Å². The monoisotopic (exact) mass is 274 g/mol. The highest BCUT2D eigenvalue weighted by Gasteiger charge is 2.36. The zero-order valence-electron chi connectivity index (χ0n) is 12.0. The van der Waals surface area contributed by atoms with Gasteiger partial charge in [0.15, 0.2) is 0 Å². The molecule has 0 bridgehead atoms. The molecule has 20 heavy (non-hydrogen) atoms. The molecule has 0 aliphatic carbocycles. The van der Waals surface area contributed by atoms with Gasteiger partial charge in [-0.05, 0) is 5.56 Å². The number of aryl methyl sites for hydroxylation is 1. The van der Waals surface area contributed by atoms with Crippen molar-refractivity contribution < 1.29 is 4.79 Å². The maximum Gasteiger partial charge on any atom is 0.228 e. The maximum atomic E-state index is 12.7. The van der Waals surface area contributed by atoms with E-state index in [1.807, 2.05) is 19.4 Å². The van der Waals surface area contributed by atoms with Crippen LogP contribution in [0.3, 0.4) is 0 Å². The molecule has 1 aromatic heterocycles. The van der Waals surface area contributed by atoms with Crippen LogP contribution >= 0.6 is 0 Å². The Morgan fingerprint density at radius 1 is 1.50 bits per heavy atom. The molecule has 0 radical (unpaired) electrons. The lowest BCUT2D eigenvalue weighted by Gasteiger charge is -2.25. The summed E-state index contributed by atoms with van der Waals surface area (Å²) in [4.78, 5) is 14.5. The predicted octanol–water partition coefficient (Wildman–Crippen LogP) is 0.924. The smallest absolute Gasteiger partial charge is 0.228 e. The van der Waals surface area contributed by atoms with Crippen LogP contribution in [0.5, 0.6) is 0 Å². The van der Waals surface area contributed by atoms with Gasteiger partial charge in [-0.1, -0.05) is 12.2 Å². The van der Waals surface area contributed by atoms with Crippen molar-refractivity contribution in [3.63, 3.8) is 0 Å². The van der Waals surface area contributed by atoms with Crippen LogP contribution < -0.4 is 5.32 Å². The lowest BCUT2D eigenvalue weighted by atomic mass is 9.90. The first-order valence-corrected chi connectivity index (χ1v) is 6.87. The van der Waals surface area contributed by atoms with Crippen molar-refractivity contribution in [1.82, 2.24) is 20.0 Å². The van der Waals surface area contributed by atoms with Gasteiger partial charge < -0.3 is 10.2 Å². The highest BCUT2D eigenvalue weighted by molar-refractivity contribution is 5.81. The van der Waals surface area contributed by atoms with Crippen molar-refractivity contribution in [2.45, 2.75) is 5.92 Å². The fraction of sp³-hybridized carbons (Fsp3) is 0.467. The third kappa shape index (κ3) is 2.99. The molecule has 1 fully saturated rings. The number of carbonyl (C=O) groups is 1. The molecule has 1 N–H and O–H groups in total. The molecule has 108 valence electrons. The van der Waals surface area contributed by atoms with Crippen LogP contribution in [0.1, 0.15) is 11.5 Å². The van der Waals surface area contributed by atoms with Crippen molar-refractivity contribution in [2.75, 3.05) is 26.2 Å². The normalized spacial score (nSPS) is 21.6. The Hall–Kier alpha value is -1.88. The van der Waals surface area contributed by atoms with E-state index in [9.17, 15) is 4.79 Å². The molecule has 1 saturated heterocycles. The van der Waals surface area contributed by atoms with E-state index in [4.69, 9.17) is 0 Å². The minimum Gasteiger partial charge on any atom is -0.335 e. The van der Waals surface area contributed by atoms with Gasteiger partial charge in [0, 0.05) is 45.3 Å². The Morgan fingerprint density at radius 3 is 2.75 bits per heavy atom. The van der Waals surface area contributed by atoms with Crippen LogP contribution in [0, 0.1) is 5.92 Å². The molecule has 0 spiro atoms. The molecule has 5 heteroatoms. The average molecular weight is 274 g/mol. The van der Waals surface area contributed by atoms with Gasteiger partial charge in [-0.3, -0.25) is 9.48 Å². The lowest BCUT2D eigenvalue weighted by Crippen LogP contribution is -2.39. The third-order valence-corrected chi connectivity index (χ3v) is 3.70. The highest BCUT2D eigenvalue weighted by atomic mass is 16.2.